The molecule has 2 saturated heterocycles. The zero-order chi connectivity index (χ0) is 11.0. The maximum absolute atomic E-state index is 13.5. The molecule has 2 fully saturated rings. The van der Waals surface area contributed by atoms with Crippen molar-refractivity contribution in [1.29, 1.82) is 0 Å². The average Bonchev–Trinajstić information content (AvgIpc) is 2.62. The second-order valence-electron chi connectivity index (χ2n) is 4.87. The first-order valence-corrected chi connectivity index (χ1v) is 6.01. The highest BCUT2D eigenvalue weighted by Crippen LogP contribution is 2.31. The Balaban J connectivity index is 1.85. The van der Waals surface area contributed by atoms with Crippen LogP contribution in [0.2, 0.25) is 0 Å². The van der Waals surface area contributed by atoms with Crippen LogP contribution >= 0.6 is 0 Å². The lowest BCUT2D eigenvalue weighted by atomic mass is 9.97. The van der Waals surface area contributed by atoms with Gasteiger partial charge in [0, 0.05) is 17.6 Å². The van der Waals surface area contributed by atoms with E-state index in [4.69, 9.17) is 0 Å². The van der Waals surface area contributed by atoms with Crippen LogP contribution in [0.1, 0.15) is 31.2 Å². The summed E-state index contributed by atoms with van der Waals surface area (Å²) in [7, 11) is 0. The standard InChI is InChI=1S/C14H16FN/c15-14-4-2-1-3-11(14)7-10-8-12-5-6-13(9-10)16-12/h1-4,7,12-13,16H,5-6,8-9H2. The summed E-state index contributed by atoms with van der Waals surface area (Å²) in [6.45, 7) is 0. The third-order valence-corrected chi connectivity index (χ3v) is 3.62. The summed E-state index contributed by atoms with van der Waals surface area (Å²) >= 11 is 0. The highest BCUT2D eigenvalue weighted by Gasteiger charge is 2.29. The van der Waals surface area contributed by atoms with E-state index < -0.39 is 0 Å². The van der Waals surface area contributed by atoms with Crippen LogP contribution in [0.5, 0.6) is 0 Å². The molecule has 0 spiro atoms. The van der Waals surface area contributed by atoms with Gasteiger partial charge in [-0.05, 0) is 31.7 Å². The molecule has 2 unspecified atom stereocenters. The van der Waals surface area contributed by atoms with Crippen molar-refractivity contribution in [3.05, 3.63) is 41.2 Å². The van der Waals surface area contributed by atoms with E-state index in [0.29, 0.717) is 12.1 Å². The van der Waals surface area contributed by atoms with Crippen LogP contribution in [-0.2, 0) is 0 Å². The van der Waals surface area contributed by atoms with Crippen molar-refractivity contribution < 1.29 is 4.39 Å². The molecular formula is C14H16FN. The van der Waals surface area contributed by atoms with Crippen molar-refractivity contribution in [2.75, 3.05) is 0 Å². The van der Waals surface area contributed by atoms with Crippen molar-refractivity contribution >= 4 is 6.08 Å². The Bertz CT molecular complexity index is 410. The molecule has 1 N–H and O–H groups in total. The van der Waals surface area contributed by atoms with Crippen LogP contribution in [0.3, 0.4) is 0 Å². The third kappa shape index (κ3) is 1.90. The van der Waals surface area contributed by atoms with E-state index in [1.165, 1.54) is 24.5 Å². The zero-order valence-electron chi connectivity index (χ0n) is 9.25. The van der Waals surface area contributed by atoms with Gasteiger partial charge in [-0.3, -0.25) is 0 Å². The maximum Gasteiger partial charge on any atom is 0.130 e. The highest BCUT2D eigenvalue weighted by molar-refractivity contribution is 5.54. The highest BCUT2D eigenvalue weighted by atomic mass is 19.1. The van der Waals surface area contributed by atoms with E-state index in [1.807, 2.05) is 18.2 Å². The number of halogens is 1. The lowest BCUT2D eigenvalue weighted by Gasteiger charge is -2.23. The van der Waals surface area contributed by atoms with Gasteiger partial charge in [0.1, 0.15) is 5.82 Å². The fourth-order valence-corrected chi connectivity index (χ4v) is 2.87. The number of piperidine rings is 1. The van der Waals surface area contributed by atoms with Gasteiger partial charge in [0.15, 0.2) is 0 Å². The summed E-state index contributed by atoms with van der Waals surface area (Å²) in [4.78, 5) is 0. The van der Waals surface area contributed by atoms with Gasteiger partial charge in [-0.15, -0.1) is 0 Å². The summed E-state index contributed by atoms with van der Waals surface area (Å²) in [5, 5.41) is 3.59. The predicted octanol–water partition coefficient (Wildman–Crippen LogP) is 3.12. The van der Waals surface area contributed by atoms with E-state index in [2.05, 4.69) is 5.32 Å². The van der Waals surface area contributed by atoms with E-state index in [9.17, 15) is 4.39 Å². The average molecular weight is 217 g/mol. The molecular weight excluding hydrogens is 201 g/mol. The van der Waals surface area contributed by atoms with Gasteiger partial charge in [0.25, 0.3) is 0 Å². The summed E-state index contributed by atoms with van der Waals surface area (Å²) in [6, 6.07) is 8.29. The van der Waals surface area contributed by atoms with Crippen LogP contribution in [0.4, 0.5) is 4.39 Å². The number of rotatable bonds is 1. The van der Waals surface area contributed by atoms with E-state index in [1.54, 1.807) is 6.07 Å². The molecule has 2 aliphatic rings. The number of hydrogen-bond acceptors (Lipinski definition) is 1. The lowest BCUT2D eigenvalue weighted by molar-refractivity contribution is 0.476. The van der Waals surface area contributed by atoms with Gasteiger partial charge >= 0.3 is 0 Å². The Labute approximate surface area is 95.4 Å². The summed E-state index contributed by atoms with van der Waals surface area (Å²) in [5.41, 5.74) is 2.13. The molecule has 0 aromatic heterocycles. The number of nitrogens with one attached hydrogen (secondary N) is 1. The molecule has 0 radical (unpaired) electrons. The second-order valence-corrected chi connectivity index (χ2v) is 4.87. The van der Waals surface area contributed by atoms with Crippen molar-refractivity contribution in [3.63, 3.8) is 0 Å². The molecule has 1 nitrogen and oxygen atoms in total. The molecule has 1 aromatic carbocycles. The van der Waals surface area contributed by atoms with Crippen molar-refractivity contribution in [2.45, 2.75) is 37.8 Å². The molecule has 2 heteroatoms. The fraction of sp³-hybridized carbons (Fsp3) is 0.429. The third-order valence-electron chi connectivity index (χ3n) is 3.62. The summed E-state index contributed by atoms with van der Waals surface area (Å²) in [5.74, 6) is -0.110. The predicted molar refractivity (Wildman–Crippen MR) is 63.6 cm³/mol. The smallest absolute Gasteiger partial charge is 0.130 e. The monoisotopic (exact) mass is 217 g/mol. The van der Waals surface area contributed by atoms with Crippen molar-refractivity contribution in [3.8, 4) is 0 Å². The lowest BCUT2D eigenvalue weighted by Crippen LogP contribution is -2.34. The van der Waals surface area contributed by atoms with Gasteiger partial charge in [-0.2, -0.15) is 0 Å². The van der Waals surface area contributed by atoms with Crippen LogP contribution < -0.4 is 5.32 Å². The molecule has 1 aromatic rings. The van der Waals surface area contributed by atoms with Gasteiger partial charge in [0.2, 0.25) is 0 Å². The molecule has 0 saturated carbocycles. The van der Waals surface area contributed by atoms with Crippen molar-refractivity contribution in [2.24, 2.45) is 0 Å². The Morgan fingerprint density at radius 1 is 1.12 bits per heavy atom. The number of fused-ring (bicyclic) bond motifs is 2. The van der Waals surface area contributed by atoms with Crippen LogP contribution in [0, 0.1) is 5.82 Å². The van der Waals surface area contributed by atoms with Gasteiger partial charge in [0.05, 0.1) is 0 Å². The topological polar surface area (TPSA) is 12.0 Å². The number of benzene rings is 1. The largest absolute Gasteiger partial charge is 0.311 e. The Morgan fingerprint density at radius 2 is 1.81 bits per heavy atom. The first kappa shape index (κ1) is 10.0. The second kappa shape index (κ2) is 4.02. The quantitative estimate of drug-likeness (QED) is 0.762. The van der Waals surface area contributed by atoms with E-state index in [0.717, 1.165) is 18.4 Å². The summed E-state index contributed by atoms with van der Waals surface area (Å²) in [6.07, 6.45) is 6.77. The van der Waals surface area contributed by atoms with Gasteiger partial charge in [-0.1, -0.05) is 29.8 Å². The minimum absolute atomic E-state index is 0.110. The zero-order valence-corrected chi connectivity index (χ0v) is 9.25. The molecule has 2 heterocycles. The summed E-state index contributed by atoms with van der Waals surface area (Å²) < 4.78 is 13.5. The first-order chi connectivity index (χ1) is 7.81. The molecule has 2 bridgehead atoms. The minimum Gasteiger partial charge on any atom is -0.311 e. The molecule has 16 heavy (non-hydrogen) atoms. The van der Waals surface area contributed by atoms with E-state index in [-0.39, 0.29) is 5.82 Å². The molecule has 2 aliphatic heterocycles. The van der Waals surface area contributed by atoms with Gasteiger partial charge < -0.3 is 5.32 Å². The Morgan fingerprint density at radius 3 is 2.50 bits per heavy atom. The van der Waals surface area contributed by atoms with Crippen molar-refractivity contribution in [1.82, 2.24) is 5.32 Å². The maximum atomic E-state index is 13.5. The Hall–Kier alpha value is -1.15. The van der Waals surface area contributed by atoms with Crippen LogP contribution in [0.25, 0.3) is 6.08 Å². The minimum atomic E-state index is -0.110. The molecule has 0 aliphatic carbocycles. The fourth-order valence-electron chi connectivity index (χ4n) is 2.87. The number of hydrogen-bond donors (Lipinski definition) is 1. The SMILES string of the molecule is Fc1ccccc1C=C1CC2CCC(C1)N2. The van der Waals surface area contributed by atoms with Crippen LogP contribution in [-0.4, -0.2) is 12.1 Å². The van der Waals surface area contributed by atoms with Crippen LogP contribution in [0.15, 0.2) is 29.8 Å². The molecule has 3 rings (SSSR count). The first-order valence-electron chi connectivity index (χ1n) is 6.01. The van der Waals surface area contributed by atoms with E-state index >= 15 is 0 Å². The normalized spacial score (nSPS) is 28.2. The van der Waals surface area contributed by atoms with Gasteiger partial charge in [-0.25, -0.2) is 4.39 Å². The molecule has 0 amide bonds. The Kier molecular flexibility index (Phi) is 2.52. The molecule has 2 atom stereocenters. The molecule has 84 valence electrons.